The van der Waals surface area contributed by atoms with Crippen LogP contribution in [0.3, 0.4) is 0 Å². The molecule has 2 heteroatoms. The first-order valence-electron chi connectivity index (χ1n) is 7.68. The summed E-state index contributed by atoms with van der Waals surface area (Å²) in [5.74, 6) is 0. The number of rotatable bonds is 3. The topological polar surface area (TPSA) is 12.0 Å². The molecular formula is C18H28BrN. The van der Waals surface area contributed by atoms with E-state index < -0.39 is 0 Å². The van der Waals surface area contributed by atoms with Crippen molar-refractivity contribution >= 4 is 15.9 Å². The van der Waals surface area contributed by atoms with Gasteiger partial charge in [0.15, 0.2) is 0 Å². The second-order valence-corrected chi connectivity index (χ2v) is 8.97. The maximum atomic E-state index is 3.85. The van der Waals surface area contributed by atoms with Crippen molar-refractivity contribution in [2.75, 3.05) is 0 Å². The summed E-state index contributed by atoms with van der Waals surface area (Å²) in [7, 11) is 0. The van der Waals surface area contributed by atoms with Crippen LogP contribution >= 0.6 is 15.9 Å². The molecule has 1 unspecified atom stereocenters. The largest absolute Gasteiger partial charge is 0.307 e. The highest BCUT2D eigenvalue weighted by Gasteiger charge is 2.38. The molecule has 0 aliphatic heterocycles. The minimum Gasteiger partial charge on any atom is -0.307 e. The molecule has 0 aromatic heterocycles. The summed E-state index contributed by atoms with van der Waals surface area (Å²) in [4.78, 5) is 0. The van der Waals surface area contributed by atoms with Gasteiger partial charge in [-0.3, -0.25) is 0 Å². The molecule has 0 heterocycles. The molecule has 0 spiro atoms. The first-order chi connectivity index (χ1) is 9.17. The van der Waals surface area contributed by atoms with Gasteiger partial charge in [-0.25, -0.2) is 0 Å². The van der Waals surface area contributed by atoms with Crippen LogP contribution in [0.4, 0.5) is 0 Å². The Hall–Kier alpha value is -0.340. The van der Waals surface area contributed by atoms with Gasteiger partial charge in [0.1, 0.15) is 0 Å². The van der Waals surface area contributed by atoms with E-state index in [0.717, 1.165) is 4.47 Å². The molecule has 1 N–H and O–H groups in total. The van der Waals surface area contributed by atoms with Gasteiger partial charge in [0.25, 0.3) is 0 Å². The van der Waals surface area contributed by atoms with Crippen molar-refractivity contribution in [1.82, 2.24) is 5.32 Å². The van der Waals surface area contributed by atoms with Crippen molar-refractivity contribution in [1.29, 1.82) is 0 Å². The van der Waals surface area contributed by atoms with Crippen LogP contribution in [0.2, 0.25) is 0 Å². The molecule has 112 valence electrons. The molecular weight excluding hydrogens is 310 g/mol. The Kier molecular flexibility index (Phi) is 4.66. The minimum atomic E-state index is 0.415. The second kappa shape index (κ2) is 5.81. The lowest BCUT2D eigenvalue weighted by atomic mass is 9.63. The highest BCUT2D eigenvalue weighted by Crippen LogP contribution is 2.46. The molecule has 1 aromatic rings. The molecule has 0 amide bonds. The monoisotopic (exact) mass is 337 g/mol. The van der Waals surface area contributed by atoms with Crippen molar-refractivity contribution in [3.8, 4) is 0 Å². The average molecular weight is 338 g/mol. The van der Waals surface area contributed by atoms with Crippen molar-refractivity contribution in [3.05, 3.63) is 34.3 Å². The summed E-state index contributed by atoms with van der Waals surface area (Å²) in [5, 5.41) is 3.85. The second-order valence-electron chi connectivity index (χ2n) is 8.05. The quantitative estimate of drug-likeness (QED) is 0.745. The number of benzene rings is 1. The number of nitrogens with one attached hydrogen (secondary N) is 1. The maximum absolute atomic E-state index is 3.85. The third kappa shape index (κ3) is 4.33. The molecule has 0 saturated heterocycles. The molecule has 1 aliphatic carbocycles. The van der Waals surface area contributed by atoms with Crippen LogP contribution in [0.25, 0.3) is 0 Å². The Labute approximate surface area is 132 Å². The Morgan fingerprint density at radius 2 is 1.55 bits per heavy atom. The SMILES string of the molecule is CC(NC1CC(C)(C)CC(C)(C)C1)c1ccc(Br)cc1. The molecule has 1 atom stereocenters. The van der Waals surface area contributed by atoms with Crippen LogP contribution in [-0.2, 0) is 0 Å². The fourth-order valence-electron chi connectivity index (χ4n) is 4.17. The van der Waals surface area contributed by atoms with E-state index in [2.05, 4.69) is 80.1 Å². The lowest BCUT2D eigenvalue weighted by Crippen LogP contribution is -2.44. The lowest BCUT2D eigenvalue weighted by Gasteiger charge is -2.46. The van der Waals surface area contributed by atoms with E-state index in [9.17, 15) is 0 Å². The van der Waals surface area contributed by atoms with Gasteiger partial charge in [0.05, 0.1) is 0 Å². The standard InChI is InChI=1S/C18H28BrN/c1-13(14-6-8-15(19)9-7-14)20-16-10-17(2,3)12-18(4,5)11-16/h6-9,13,16,20H,10-12H2,1-5H3. The van der Waals surface area contributed by atoms with Crippen molar-refractivity contribution in [3.63, 3.8) is 0 Å². The fourth-order valence-corrected chi connectivity index (χ4v) is 4.43. The zero-order chi connectivity index (χ0) is 15.0. The van der Waals surface area contributed by atoms with Crippen LogP contribution in [0.1, 0.15) is 65.5 Å². The number of halogens is 1. The highest BCUT2D eigenvalue weighted by atomic mass is 79.9. The normalized spacial score (nSPS) is 23.5. The summed E-state index contributed by atoms with van der Waals surface area (Å²) in [6, 6.07) is 9.71. The third-order valence-electron chi connectivity index (χ3n) is 4.41. The first kappa shape index (κ1) is 16.0. The molecule has 0 radical (unpaired) electrons. The van der Waals surface area contributed by atoms with Crippen LogP contribution in [0, 0.1) is 10.8 Å². The summed E-state index contributed by atoms with van der Waals surface area (Å²) >= 11 is 3.50. The maximum Gasteiger partial charge on any atom is 0.0294 e. The molecule has 1 nitrogen and oxygen atoms in total. The Morgan fingerprint density at radius 3 is 2.05 bits per heavy atom. The molecule has 20 heavy (non-hydrogen) atoms. The molecule has 1 aliphatic rings. The minimum absolute atomic E-state index is 0.415. The first-order valence-corrected chi connectivity index (χ1v) is 8.48. The molecule has 0 bridgehead atoms. The summed E-state index contributed by atoms with van der Waals surface area (Å²) in [6.07, 6.45) is 3.87. The number of hydrogen-bond donors (Lipinski definition) is 1. The average Bonchev–Trinajstić information content (AvgIpc) is 2.25. The Morgan fingerprint density at radius 1 is 1.05 bits per heavy atom. The molecule has 1 saturated carbocycles. The zero-order valence-electron chi connectivity index (χ0n) is 13.5. The summed E-state index contributed by atoms with van der Waals surface area (Å²) in [6.45, 7) is 11.9. The van der Waals surface area contributed by atoms with E-state index >= 15 is 0 Å². The zero-order valence-corrected chi connectivity index (χ0v) is 15.0. The van der Waals surface area contributed by atoms with Gasteiger partial charge < -0.3 is 5.32 Å². The van der Waals surface area contributed by atoms with E-state index in [-0.39, 0.29) is 0 Å². The van der Waals surface area contributed by atoms with Crippen molar-refractivity contribution in [2.24, 2.45) is 10.8 Å². The van der Waals surface area contributed by atoms with Gasteiger partial charge in [-0.2, -0.15) is 0 Å². The Balaban J connectivity index is 2.03. The van der Waals surface area contributed by atoms with Gasteiger partial charge in [-0.15, -0.1) is 0 Å². The van der Waals surface area contributed by atoms with E-state index in [1.54, 1.807) is 0 Å². The van der Waals surface area contributed by atoms with E-state index in [1.165, 1.54) is 24.8 Å². The molecule has 1 fully saturated rings. The fraction of sp³-hybridized carbons (Fsp3) is 0.667. The van der Waals surface area contributed by atoms with Crippen LogP contribution in [0.5, 0.6) is 0 Å². The van der Waals surface area contributed by atoms with E-state index in [4.69, 9.17) is 0 Å². The van der Waals surface area contributed by atoms with Gasteiger partial charge in [0.2, 0.25) is 0 Å². The predicted octanol–water partition coefficient (Wildman–Crippen LogP) is 5.70. The van der Waals surface area contributed by atoms with Crippen LogP contribution in [0.15, 0.2) is 28.7 Å². The van der Waals surface area contributed by atoms with Crippen LogP contribution < -0.4 is 5.32 Å². The highest BCUT2D eigenvalue weighted by molar-refractivity contribution is 9.10. The number of hydrogen-bond acceptors (Lipinski definition) is 1. The Bertz CT molecular complexity index is 431. The van der Waals surface area contributed by atoms with Crippen LogP contribution in [-0.4, -0.2) is 6.04 Å². The van der Waals surface area contributed by atoms with E-state index in [1.807, 2.05) is 0 Å². The molecule has 2 rings (SSSR count). The molecule has 1 aromatic carbocycles. The third-order valence-corrected chi connectivity index (χ3v) is 4.94. The lowest BCUT2D eigenvalue weighted by molar-refractivity contribution is 0.0811. The summed E-state index contributed by atoms with van der Waals surface area (Å²) in [5.41, 5.74) is 2.26. The van der Waals surface area contributed by atoms with Gasteiger partial charge in [-0.1, -0.05) is 55.8 Å². The van der Waals surface area contributed by atoms with Crippen molar-refractivity contribution < 1.29 is 0 Å². The van der Waals surface area contributed by atoms with Gasteiger partial charge in [0, 0.05) is 16.6 Å². The van der Waals surface area contributed by atoms with Crippen molar-refractivity contribution in [2.45, 2.75) is 66.0 Å². The predicted molar refractivity (Wildman–Crippen MR) is 90.9 cm³/mol. The van der Waals surface area contributed by atoms with E-state index in [0.29, 0.717) is 22.9 Å². The van der Waals surface area contributed by atoms with Gasteiger partial charge in [-0.05, 0) is 54.7 Å². The summed E-state index contributed by atoms with van der Waals surface area (Å²) < 4.78 is 1.15. The van der Waals surface area contributed by atoms with Gasteiger partial charge >= 0.3 is 0 Å². The smallest absolute Gasteiger partial charge is 0.0294 e.